The summed E-state index contributed by atoms with van der Waals surface area (Å²) in [6.45, 7) is 2.98. The second kappa shape index (κ2) is 10.5. The van der Waals surface area contributed by atoms with Gasteiger partial charge >= 0.3 is 6.09 Å². The van der Waals surface area contributed by atoms with Crippen LogP contribution in [0.4, 0.5) is 20.8 Å². The van der Waals surface area contributed by atoms with E-state index in [0.29, 0.717) is 23.1 Å². The van der Waals surface area contributed by atoms with Crippen LogP contribution in [-0.2, 0) is 10.5 Å². The summed E-state index contributed by atoms with van der Waals surface area (Å²) in [5.74, 6) is -1.23. The molecule has 4 aromatic rings. The molecule has 3 aromatic carbocycles. The van der Waals surface area contributed by atoms with Gasteiger partial charge in [0.2, 0.25) is 5.95 Å². The fraction of sp³-hybridized carbons (Fsp3) is 0.276. The lowest BCUT2D eigenvalue weighted by atomic mass is 9.93. The van der Waals surface area contributed by atoms with Crippen molar-refractivity contribution in [3.63, 3.8) is 0 Å². The molecule has 2 aliphatic heterocycles. The van der Waals surface area contributed by atoms with E-state index in [1.807, 2.05) is 0 Å². The number of H-pyrrole nitrogens is 1. The molecule has 0 spiro atoms. The minimum Gasteiger partial charge on any atom is -0.448 e. The van der Waals surface area contributed by atoms with E-state index in [-0.39, 0.29) is 34.4 Å². The van der Waals surface area contributed by atoms with Gasteiger partial charge in [-0.3, -0.25) is 19.9 Å². The summed E-state index contributed by atoms with van der Waals surface area (Å²) in [4.78, 5) is 36.6. The molecule has 1 atom stereocenters. The Kier molecular flexibility index (Phi) is 6.91. The Hall–Kier alpha value is -3.99. The molecular formula is C29H27ClFN5O4. The number of ether oxygens (including phenoxy) is 1. The molecule has 2 amide bonds. The second-order valence-electron chi connectivity index (χ2n) is 9.91. The number of carbonyl (C=O) groups excluding carboxylic acids is 2. The van der Waals surface area contributed by atoms with Gasteiger partial charge in [-0.1, -0.05) is 48.4 Å². The molecule has 1 fully saturated rings. The quantitative estimate of drug-likeness (QED) is 0.296. The fourth-order valence-electron chi connectivity index (χ4n) is 5.46. The number of rotatable bonds is 6. The Morgan fingerprint density at radius 3 is 2.75 bits per heavy atom. The van der Waals surface area contributed by atoms with Crippen LogP contribution >= 0.6 is 11.6 Å². The van der Waals surface area contributed by atoms with Crippen LogP contribution in [0, 0.1) is 5.82 Å². The second-order valence-corrected chi connectivity index (χ2v) is 10.3. The molecule has 0 radical (unpaired) electrons. The average Bonchev–Trinajstić information content (AvgIpc) is 3.46. The van der Waals surface area contributed by atoms with E-state index in [0.717, 1.165) is 30.8 Å². The number of aliphatic hydroxyl groups is 1. The number of aromatic nitrogens is 2. The molecule has 1 aromatic heterocycles. The maximum absolute atomic E-state index is 15.2. The number of nitrogens with zero attached hydrogens (tertiary/aromatic N) is 3. The standard InChI is InChI=1S/C29H27ClFN5O4/c30-21-9-6-10-24(25(21)31)36-26(37)19-7-2-3-8-20(19)29(36,39)18-11-12-22-23(17-18)33-27(32-22)34-28(38)40-16-15-35-13-4-1-5-14-35/h2-3,6-12,17,39H,1,4-5,13-16H2,(H2,32,33,34,38). The number of piperidine rings is 1. The van der Waals surface area contributed by atoms with Crippen molar-refractivity contribution in [1.29, 1.82) is 0 Å². The Bertz CT molecular complexity index is 1600. The normalized spacial score (nSPS) is 19.2. The number of amides is 2. The monoisotopic (exact) mass is 563 g/mol. The summed E-state index contributed by atoms with van der Waals surface area (Å²) in [6, 6.07) is 15.7. The molecule has 3 heterocycles. The van der Waals surface area contributed by atoms with Crippen LogP contribution < -0.4 is 10.2 Å². The van der Waals surface area contributed by atoms with E-state index in [1.165, 1.54) is 24.6 Å². The zero-order valence-corrected chi connectivity index (χ0v) is 22.2. The molecule has 3 N–H and O–H groups in total. The van der Waals surface area contributed by atoms with E-state index in [9.17, 15) is 14.7 Å². The summed E-state index contributed by atoms with van der Waals surface area (Å²) in [5.41, 5.74) is -0.404. The first-order valence-electron chi connectivity index (χ1n) is 13.1. The van der Waals surface area contributed by atoms with Crippen molar-refractivity contribution in [2.75, 3.05) is 36.5 Å². The van der Waals surface area contributed by atoms with Gasteiger partial charge in [-0.2, -0.15) is 0 Å². The topological polar surface area (TPSA) is 111 Å². The molecule has 0 aliphatic carbocycles. The summed E-state index contributed by atoms with van der Waals surface area (Å²) in [7, 11) is 0. The smallest absolute Gasteiger partial charge is 0.414 e. The van der Waals surface area contributed by atoms with Gasteiger partial charge in [-0.05, 0) is 56.3 Å². The van der Waals surface area contributed by atoms with Crippen molar-refractivity contribution in [3.05, 3.63) is 88.2 Å². The Morgan fingerprint density at radius 2 is 1.93 bits per heavy atom. The SMILES string of the molecule is O=C(Nc1nc2cc(C3(O)c4ccccc4C(=O)N3c3cccc(Cl)c3F)ccc2[nH]1)OCCN1CCCCC1. The first-order valence-corrected chi connectivity index (χ1v) is 13.5. The molecule has 1 saturated heterocycles. The average molecular weight is 564 g/mol. The number of carbonyl (C=O) groups is 2. The van der Waals surface area contributed by atoms with Gasteiger partial charge < -0.3 is 14.8 Å². The third kappa shape index (κ3) is 4.57. The van der Waals surface area contributed by atoms with Crippen molar-refractivity contribution >= 4 is 46.3 Å². The predicted molar refractivity (Wildman–Crippen MR) is 149 cm³/mol. The zero-order valence-electron chi connectivity index (χ0n) is 21.5. The lowest BCUT2D eigenvalue weighted by Crippen LogP contribution is -2.45. The van der Waals surface area contributed by atoms with Gasteiger partial charge in [0.05, 0.1) is 21.7 Å². The first kappa shape index (κ1) is 26.2. The lowest BCUT2D eigenvalue weighted by Gasteiger charge is -2.35. The molecule has 11 heteroatoms. The van der Waals surface area contributed by atoms with Gasteiger partial charge in [0.1, 0.15) is 6.61 Å². The first-order chi connectivity index (χ1) is 19.4. The number of halogens is 2. The number of aromatic amines is 1. The van der Waals surface area contributed by atoms with Crippen molar-refractivity contribution in [3.8, 4) is 0 Å². The van der Waals surface area contributed by atoms with Crippen molar-refractivity contribution in [1.82, 2.24) is 14.9 Å². The van der Waals surface area contributed by atoms with E-state index in [2.05, 4.69) is 20.2 Å². The summed E-state index contributed by atoms with van der Waals surface area (Å²) in [5, 5.41) is 14.6. The highest BCUT2D eigenvalue weighted by atomic mass is 35.5. The maximum Gasteiger partial charge on any atom is 0.414 e. The van der Waals surface area contributed by atoms with Gasteiger partial charge in [-0.15, -0.1) is 0 Å². The molecule has 1 unspecified atom stereocenters. The number of fused-ring (bicyclic) bond motifs is 2. The van der Waals surface area contributed by atoms with Crippen LogP contribution in [0.1, 0.15) is 40.7 Å². The van der Waals surface area contributed by atoms with Gasteiger partial charge in [-0.25, -0.2) is 14.2 Å². The molecule has 9 nitrogen and oxygen atoms in total. The largest absolute Gasteiger partial charge is 0.448 e. The molecule has 40 heavy (non-hydrogen) atoms. The maximum atomic E-state index is 15.2. The lowest BCUT2D eigenvalue weighted by molar-refractivity contribution is 0.0699. The summed E-state index contributed by atoms with van der Waals surface area (Å²) < 4.78 is 20.5. The van der Waals surface area contributed by atoms with E-state index < -0.39 is 23.5 Å². The van der Waals surface area contributed by atoms with Crippen molar-refractivity contribution < 1.29 is 23.8 Å². The number of anilines is 2. The van der Waals surface area contributed by atoms with E-state index in [1.54, 1.807) is 42.5 Å². The van der Waals surface area contributed by atoms with Crippen LogP contribution in [0.3, 0.4) is 0 Å². The summed E-state index contributed by atoms with van der Waals surface area (Å²) in [6.07, 6.45) is 2.93. The zero-order chi connectivity index (χ0) is 27.9. The fourth-order valence-corrected chi connectivity index (χ4v) is 5.63. The molecule has 2 aliphatic rings. The van der Waals surface area contributed by atoms with E-state index >= 15 is 4.39 Å². The molecule has 6 rings (SSSR count). The van der Waals surface area contributed by atoms with Gasteiger partial charge in [0.25, 0.3) is 5.91 Å². The van der Waals surface area contributed by atoms with Crippen LogP contribution in [0.5, 0.6) is 0 Å². The number of benzene rings is 3. The third-order valence-electron chi connectivity index (χ3n) is 7.43. The van der Waals surface area contributed by atoms with Crippen LogP contribution in [0.25, 0.3) is 11.0 Å². The minimum absolute atomic E-state index is 0.159. The third-order valence-corrected chi connectivity index (χ3v) is 7.72. The molecular weight excluding hydrogens is 537 g/mol. The molecule has 0 bridgehead atoms. The van der Waals surface area contributed by atoms with Gasteiger partial charge in [0, 0.05) is 23.2 Å². The van der Waals surface area contributed by atoms with Crippen LogP contribution in [0.15, 0.2) is 60.7 Å². The Balaban J connectivity index is 1.28. The van der Waals surface area contributed by atoms with E-state index in [4.69, 9.17) is 16.3 Å². The molecule has 0 saturated carbocycles. The Morgan fingerprint density at radius 1 is 1.12 bits per heavy atom. The highest BCUT2D eigenvalue weighted by Gasteiger charge is 2.51. The summed E-state index contributed by atoms with van der Waals surface area (Å²) >= 11 is 6.03. The number of nitrogens with one attached hydrogen (secondary N) is 2. The van der Waals surface area contributed by atoms with Crippen LogP contribution in [-0.4, -0.2) is 58.2 Å². The number of hydrogen-bond acceptors (Lipinski definition) is 6. The number of imidazole rings is 1. The number of likely N-dealkylation sites (tertiary alicyclic amines) is 1. The highest BCUT2D eigenvalue weighted by molar-refractivity contribution is 6.31. The predicted octanol–water partition coefficient (Wildman–Crippen LogP) is 5.24. The van der Waals surface area contributed by atoms with Gasteiger partial charge in [0.15, 0.2) is 11.5 Å². The highest BCUT2D eigenvalue weighted by Crippen LogP contribution is 2.46. The van der Waals surface area contributed by atoms with Crippen molar-refractivity contribution in [2.24, 2.45) is 0 Å². The van der Waals surface area contributed by atoms with Crippen LogP contribution in [0.2, 0.25) is 5.02 Å². The Labute approximate surface area is 234 Å². The van der Waals surface area contributed by atoms with Crippen molar-refractivity contribution in [2.45, 2.75) is 25.0 Å². The number of hydrogen-bond donors (Lipinski definition) is 3. The molecule has 206 valence electrons. The minimum atomic E-state index is -2.05.